The Labute approximate surface area is 184 Å². The SMILES string of the molecule is CC(=O)c1cccc(-c2cc(C#CSI)c3cnn(-c4cccc(C)n4)c3c2)n1. The van der Waals surface area contributed by atoms with Crippen molar-refractivity contribution in [1.29, 1.82) is 0 Å². The molecule has 0 amide bonds. The quantitative estimate of drug-likeness (QED) is 0.210. The zero-order valence-corrected chi connectivity index (χ0v) is 18.7. The number of hydrogen-bond acceptors (Lipinski definition) is 5. The maximum Gasteiger partial charge on any atom is 0.178 e. The number of aromatic nitrogens is 4. The molecule has 0 N–H and O–H groups in total. The lowest BCUT2D eigenvalue weighted by Crippen LogP contribution is -2.01. The summed E-state index contributed by atoms with van der Waals surface area (Å²) in [4.78, 5) is 20.9. The monoisotopic (exact) mass is 510 g/mol. The number of hydrogen-bond donors (Lipinski definition) is 0. The van der Waals surface area contributed by atoms with Crippen LogP contribution >= 0.6 is 30.1 Å². The van der Waals surface area contributed by atoms with Crippen molar-refractivity contribution in [3.05, 3.63) is 71.7 Å². The van der Waals surface area contributed by atoms with Crippen LogP contribution in [0.25, 0.3) is 28.0 Å². The molecule has 1 aromatic carbocycles. The van der Waals surface area contributed by atoms with Crippen molar-refractivity contribution in [2.24, 2.45) is 0 Å². The summed E-state index contributed by atoms with van der Waals surface area (Å²) in [5.41, 5.74) is 4.69. The molecule has 142 valence electrons. The Hall–Kier alpha value is -2.70. The maximum atomic E-state index is 11.8. The molecule has 0 unspecified atom stereocenters. The van der Waals surface area contributed by atoms with Crippen molar-refractivity contribution >= 4 is 46.8 Å². The highest BCUT2D eigenvalue weighted by molar-refractivity contribution is 14.2. The Morgan fingerprint density at radius 1 is 1.14 bits per heavy atom. The van der Waals surface area contributed by atoms with E-state index in [0.29, 0.717) is 5.69 Å². The van der Waals surface area contributed by atoms with Gasteiger partial charge < -0.3 is 0 Å². The third-order valence-electron chi connectivity index (χ3n) is 4.41. The lowest BCUT2D eigenvalue weighted by Gasteiger charge is -2.08. The maximum absolute atomic E-state index is 11.8. The van der Waals surface area contributed by atoms with Crippen LogP contribution in [0, 0.1) is 18.1 Å². The number of rotatable bonds is 3. The number of aryl methyl sites for hydroxylation is 1. The highest BCUT2D eigenvalue weighted by Gasteiger charge is 2.13. The second kappa shape index (κ2) is 8.35. The molecule has 0 aliphatic heterocycles. The predicted molar refractivity (Wildman–Crippen MR) is 125 cm³/mol. The normalized spacial score (nSPS) is 10.6. The molecule has 0 bridgehead atoms. The van der Waals surface area contributed by atoms with Crippen LogP contribution in [0.1, 0.15) is 28.7 Å². The molecule has 3 aromatic heterocycles. The van der Waals surface area contributed by atoms with Crippen molar-refractivity contribution in [3.8, 4) is 28.2 Å². The van der Waals surface area contributed by atoms with Crippen LogP contribution in [-0.2, 0) is 0 Å². The van der Waals surface area contributed by atoms with E-state index in [9.17, 15) is 4.79 Å². The lowest BCUT2D eigenvalue weighted by atomic mass is 10.0. The highest BCUT2D eigenvalue weighted by atomic mass is 127. The second-order valence-corrected chi connectivity index (χ2v) is 8.10. The molecule has 5 nitrogen and oxygen atoms in total. The molecule has 29 heavy (non-hydrogen) atoms. The van der Waals surface area contributed by atoms with Crippen LogP contribution < -0.4 is 0 Å². The number of nitrogens with zero attached hydrogens (tertiary/aromatic N) is 4. The topological polar surface area (TPSA) is 60.7 Å². The number of carbonyl (C=O) groups is 1. The molecule has 0 aliphatic carbocycles. The van der Waals surface area contributed by atoms with Crippen molar-refractivity contribution in [3.63, 3.8) is 0 Å². The number of fused-ring (bicyclic) bond motifs is 1. The van der Waals surface area contributed by atoms with Crippen LogP contribution in [0.3, 0.4) is 0 Å². The molecule has 0 atom stereocenters. The third-order valence-corrected chi connectivity index (χ3v) is 5.25. The summed E-state index contributed by atoms with van der Waals surface area (Å²) in [5, 5.41) is 8.55. The van der Waals surface area contributed by atoms with Gasteiger partial charge in [-0.2, -0.15) is 5.10 Å². The zero-order valence-electron chi connectivity index (χ0n) is 15.7. The Kier molecular flexibility index (Phi) is 5.65. The molecule has 0 saturated carbocycles. The number of carbonyl (C=O) groups excluding carboxylic acids is 1. The number of Topliss-reactive ketones (excluding diaryl/α,β-unsaturated/α-hetero) is 1. The van der Waals surface area contributed by atoms with Gasteiger partial charge in [0.15, 0.2) is 11.6 Å². The van der Waals surface area contributed by atoms with Crippen LogP contribution in [0.5, 0.6) is 0 Å². The van der Waals surface area contributed by atoms with Gasteiger partial charge in [0.2, 0.25) is 0 Å². The molecule has 0 saturated heterocycles. The second-order valence-electron chi connectivity index (χ2n) is 6.42. The fraction of sp³-hybridized carbons (Fsp3) is 0.0909. The lowest BCUT2D eigenvalue weighted by molar-refractivity contribution is 0.101. The first kappa shape index (κ1) is 19.6. The van der Waals surface area contributed by atoms with E-state index in [4.69, 9.17) is 0 Å². The van der Waals surface area contributed by atoms with E-state index in [1.807, 2.05) is 60.3 Å². The van der Waals surface area contributed by atoms with E-state index >= 15 is 0 Å². The van der Waals surface area contributed by atoms with Crippen molar-refractivity contribution in [2.45, 2.75) is 13.8 Å². The van der Waals surface area contributed by atoms with E-state index in [-0.39, 0.29) is 5.78 Å². The molecule has 3 heterocycles. The first-order valence-corrected chi connectivity index (χ1v) is 12.2. The van der Waals surface area contributed by atoms with Gasteiger partial charge in [-0.05, 0) is 57.5 Å². The minimum atomic E-state index is -0.0664. The molecule has 7 heteroatoms. The minimum absolute atomic E-state index is 0.0664. The van der Waals surface area contributed by atoms with Crippen LogP contribution in [-0.4, -0.2) is 25.5 Å². The Bertz CT molecular complexity index is 1300. The predicted octanol–water partition coefficient (Wildman–Crippen LogP) is 5.39. The first-order valence-electron chi connectivity index (χ1n) is 8.79. The van der Waals surface area contributed by atoms with E-state index < -0.39 is 0 Å². The standard InChI is InChI=1S/C22H15IN4OS/c1-14-5-3-8-22(25-14)27-21-12-17(20-7-4-6-19(26-20)15(2)28)11-16(9-10-29-23)18(21)13-24-27/h3-8,11-13H,1-2H3. The number of pyridine rings is 2. The highest BCUT2D eigenvalue weighted by Crippen LogP contribution is 2.28. The van der Waals surface area contributed by atoms with E-state index in [1.54, 1.807) is 6.07 Å². The zero-order chi connectivity index (χ0) is 20.4. The van der Waals surface area contributed by atoms with E-state index in [1.165, 1.54) is 15.9 Å². The molecule has 0 aliphatic rings. The largest absolute Gasteiger partial charge is 0.293 e. The van der Waals surface area contributed by atoms with Gasteiger partial charge in [0, 0.05) is 50.3 Å². The van der Waals surface area contributed by atoms with Gasteiger partial charge in [-0.25, -0.2) is 14.6 Å². The van der Waals surface area contributed by atoms with Crippen LogP contribution in [0.4, 0.5) is 0 Å². The summed E-state index contributed by atoms with van der Waals surface area (Å²) in [6.07, 6.45) is 1.81. The summed E-state index contributed by atoms with van der Waals surface area (Å²) in [6, 6.07) is 15.3. The molecular formula is C22H15IN4OS. The Morgan fingerprint density at radius 3 is 2.72 bits per heavy atom. The van der Waals surface area contributed by atoms with Crippen LogP contribution in [0.2, 0.25) is 0 Å². The van der Waals surface area contributed by atoms with Gasteiger partial charge in [-0.1, -0.05) is 18.1 Å². The Balaban J connectivity index is 1.97. The fourth-order valence-corrected chi connectivity index (χ4v) is 3.55. The minimum Gasteiger partial charge on any atom is -0.293 e. The smallest absolute Gasteiger partial charge is 0.178 e. The molecule has 4 rings (SSSR count). The Morgan fingerprint density at radius 2 is 1.97 bits per heavy atom. The van der Waals surface area contributed by atoms with Gasteiger partial charge in [0.1, 0.15) is 5.69 Å². The fourth-order valence-electron chi connectivity index (χ4n) is 3.07. The van der Waals surface area contributed by atoms with Gasteiger partial charge in [-0.3, -0.25) is 4.79 Å². The van der Waals surface area contributed by atoms with Gasteiger partial charge in [0.25, 0.3) is 0 Å². The van der Waals surface area contributed by atoms with Gasteiger partial charge >= 0.3 is 0 Å². The molecular weight excluding hydrogens is 495 g/mol. The average Bonchev–Trinajstić information content (AvgIpc) is 3.16. The van der Waals surface area contributed by atoms with E-state index in [2.05, 4.69) is 47.4 Å². The summed E-state index contributed by atoms with van der Waals surface area (Å²) in [6.45, 7) is 3.47. The number of halogens is 1. The van der Waals surface area contributed by atoms with Crippen LogP contribution in [0.15, 0.2) is 54.7 Å². The summed E-state index contributed by atoms with van der Waals surface area (Å²) < 4.78 is 1.81. The molecule has 0 fully saturated rings. The molecule has 0 radical (unpaired) electrons. The molecule has 0 spiro atoms. The van der Waals surface area contributed by atoms with Crippen molar-refractivity contribution in [1.82, 2.24) is 19.7 Å². The average molecular weight is 510 g/mol. The summed E-state index contributed by atoms with van der Waals surface area (Å²) >= 11 is 2.15. The number of benzene rings is 1. The van der Waals surface area contributed by atoms with Crippen molar-refractivity contribution in [2.75, 3.05) is 0 Å². The van der Waals surface area contributed by atoms with Crippen molar-refractivity contribution < 1.29 is 4.79 Å². The van der Waals surface area contributed by atoms with Gasteiger partial charge in [-0.15, -0.1) is 0 Å². The van der Waals surface area contributed by atoms with Gasteiger partial charge in [0.05, 0.1) is 17.4 Å². The number of ketones is 1. The third kappa shape index (κ3) is 4.04. The van der Waals surface area contributed by atoms with E-state index in [0.717, 1.165) is 39.2 Å². The first-order chi connectivity index (χ1) is 14.1. The summed E-state index contributed by atoms with van der Waals surface area (Å²) in [7, 11) is 1.43. The summed E-state index contributed by atoms with van der Waals surface area (Å²) in [5.74, 6) is 3.87. The molecule has 4 aromatic rings.